The highest BCUT2D eigenvalue weighted by molar-refractivity contribution is 6.28. The van der Waals surface area contributed by atoms with Crippen molar-refractivity contribution < 1.29 is 19.4 Å². The number of aromatic nitrogens is 1. The maximum Gasteiger partial charge on any atom is 0.417 e. The number of benzene rings is 1. The molecule has 0 aliphatic heterocycles. The zero-order valence-electron chi connectivity index (χ0n) is 8.79. The van der Waals surface area contributed by atoms with E-state index in [2.05, 4.69) is 9.72 Å². The van der Waals surface area contributed by atoms with E-state index in [0.29, 0.717) is 0 Å². The number of esters is 1. The van der Waals surface area contributed by atoms with Crippen LogP contribution in [0, 0.1) is 0 Å². The van der Waals surface area contributed by atoms with Crippen molar-refractivity contribution in [3.63, 3.8) is 0 Å². The van der Waals surface area contributed by atoms with Gasteiger partial charge in [-0.2, -0.15) is 0 Å². The molecule has 0 unspecified atom stereocenters. The monoisotopic (exact) mass is 231 g/mol. The fourth-order valence-electron chi connectivity index (χ4n) is 1.43. The average Bonchev–Trinajstić information content (AvgIpc) is 2.35. The second-order valence-electron chi connectivity index (χ2n) is 3.41. The molecule has 0 radical (unpaired) electrons. The van der Waals surface area contributed by atoms with Crippen molar-refractivity contribution in [1.82, 2.24) is 4.98 Å². The molecule has 1 aromatic carbocycles. The number of pyridine rings is 1. The minimum Gasteiger partial charge on any atom is -0.473 e. The molecule has 1 N–H and O–H groups in total. The fourth-order valence-corrected chi connectivity index (χ4v) is 1.43. The van der Waals surface area contributed by atoms with Gasteiger partial charge in [0.2, 0.25) is 0 Å². The summed E-state index contributed by atoms with van der Waals surface area (Å²) in [6.45, 7) is -0.0596. The number of carbonyl (C=O) groups is 2. The van der Waals surface area contributed by atoms with Crippen LogP contribution in [-0.2, 0) is 20.9 Å². The highest BCUT2D eigenvalue weighted by Crippen LogP contribution is 2.13. The predicted octanol–water partition coefficient (Wildman–Crippen LogP) is 1.36. The second kappa shape index (κ2) is 4.61. The standard InChI is InChI=1S/C12H9NO4/c14-11(15)12(16)17-7-8-3-4-10-9(6-8)2-1-5-13-10/h1-6H,7H2,(H,14,15). The molecule has 0 fully saturated rings. The van der Waals surface area contributed by atoms with Crippen molar-refractivity contribution in [2.24, 2.45) is 0 Å². The number of ether oxygens (including phenoxy) is 1. The number of carboxylic acid groups (broad SMARTS) is 1. The van der Waals surface area contributed by atoms with Crippen molar-refractivity contribution in [3.8, 4) is 0 Å². The molecule has 5 nitrogen and oxygen atoms in total. The summed E-state index contributed by atoms with van der Waals surface area (Å²) in [5, 5.41) is 9.26. The Hall–Kier alpha value is -2.43. The van der Waals surface area contributed by atoms with Crippen LogP contribution >= 0.6 is 0 Å². The lowest BCUT2D eigenvalue weighted by molar-refractivity contribution is -0.164. The van der Waals surface area contributed by atoms with Gasteiger partial charge in [-0.25, -0.2) is 9.59 Å². The summed E-state index contributed by atoms with van der Waals surface area (Å²) in [7, 11) is 0. The van der Waals surface area contributed by atoms with Gasteiger partial charge in [0, 0.05) is 11.6 Å². The van der Waals surface area contributed by atoms with Crippen molar-refractivity contribution in [1.29, 1.82) is 0 Å². The van der Waals surface area contributed by atoms with Crippen molar-refractivity contribution >= 4 is 22.8 Å². The van der Waals surface area contributed by atoms with Crippen LogP contribution in [0.15, 0.2) is 36.5 Å². The van der Waals surface area contributed by atoms with Gasteiger partial charge in [0.15, 0.2) is 0 Å². The number of hydrogen-bond donors (Lipinski definition) is 1. The molecule has 0 aliphatic rings. The molecule has 0 aliphatic carbocycles. The first kappa shape index (κ1) is 11.1. The van der Waals surface area contributed by atoms with Crippen LogP contribution in [0.25, 0.3) is 10.9 Å². The first-order chi connectivity index (χ1) is 8.16. The molecule has 0 atom stereocenters. The Morgan fingerprint density at radius 1 is 1.29 bits per heavy atom. The molecule has 1 heterocycles. The summed E-state index contributed by atoms with van der Waals surface area (Å²) in [4.78, 5) is 25.1. The summed E-state index contributed by atoms with van der Waals surface area (Å²) in [6, 6.07) is 9.02. The van der Waals surface area contributed by atoms with E-state index in [0.717, 1.165) is 16.5 Å². The summed E-state index contributed by atoms with van der Waals surface area (Å²) in [5.41, 5.74) is 1.56. The average molecular weight is 231 g/mol. The number of nitrogens with zero attached hydrogens (tertiary/aromatic N) is 1. The van der Waals surface area contributed by atoms with Gasteiger partial charge >= 0.3 is 11.9 Å². The van der Waals surface area contributed by atoms with E-state index in [1.807, 2.05) is 6.07 Å². The normalized spacial score (nSPS) is 10.1. The first-order valence-corrected chi connectivity index (χ1v) is 4.90. The summed E-state index contributed by atoms with van der Waals surface area (Å²) >= 11 is 0. The van der Waals surface area contributed by atoms with Crippen LogP contribution in [0.5, 0.6) is 0 Å². The van der Waals surface area contributed by atoms with Crippen LogP contribution in [0.4, 0.5) is 0 Å². The Balaban J connectivity index is 2.14. The highest BCUT2D eigenvalue weighted by atomic mass is 16.6. The third kappa shape index (κ3) is 2.57. The maximum absolute atomic E-state index is 10.7. The smallest absolute Gasteiger partial charge is 0.417 e. The van der Waals surface area contributed by atoms with Gasteiger partial charge in [0.1, 0.15) is 6.61 Å². The van der Waals surface area contributed by atoms with E-state index in [1.165, 1.54) is 0 Å². The SMILES string of the molecule is O=C(O)C(=O)OCc1ccc2ncccc2c1. The van der Waals surface area contributed by atoms with Gasteiger partial charge < -0.3 is 9.84 Å². The minimum atomic E-state index is -1.59. The van der Waals surface area contributed by atoms with Crippen molar-refractivity contribution in [2.75, 3.05) is 0 Å². The lowest BCUT2D eigenvalue weighted by Gasteiger charge is -2.03. The molecular formula is C12H9NO4. The molecular weight excluding hydrogens is 222 g/mol. The Labute approximate surface area is 96.7 Å². The van der Waals surface area contributed by atoms with E-state index in [4.69, 9.17) is 5.11 Å². The van der Waals surface area contributed by atoms with E-state index >= 15 is 0 Å². The van der Waals surface area contributed by atoms with E-state index in [1.54, 1.807) is 30.5 Å². The second-order valence-corrected chi connectivity index (χ2v) is 3.41. The predicted molar refractivity (Wildman–Crippen MR) is 59.2 cm³/mol. The molecule has 0 spiro atoms. The van der Waals surface area contributed by atoms with Crippen LogP contribution in [0.3, 0.4) is 0 Å². The minimum absolute atomic E-state index is 0.0596. The number of carboxylic acids is 1. The number of fused-ring (bicyclic) bond motifs is 1. The highest BCUT2D eigenvalue weighted by Gasteiger charge is 2.12. The van der Waals surface area contributed by atoms with Gasteiger partial charge in [-0.1, -0.05) is 12.1 Å². The molecule has 0 saturated heterocycles. The Morgan fingerprint density at radius 2 is 2.12 bits per heavy atom. The molecule has 0 saturated carbocycles. The zero-order chi connectivity index (χ0) is 12.3. The van der Waals surface area contributed by atoms with Crippen LogP contribution in [-0.4, -0.2) is 22.0 Å². The Kier molecular flexibility index (Phi) is 3.00. The van der Waals surface area contributed by atoms with E-state index in [9.17, 15) is 9.59 Å². The molecule has 86 valence electrons. The summed E-state index contributed by atoms with van der Waals surface area (Å²) < 4.78 is 4.58. The van der Waals surface area contributed by atoms with Gasteiger partial charge in [-0.3, -0.25) is 4.98 Å². The molecule has 1 aromatic heterocycles. The third-order valence-electron chi connectivity index (χ3n) is 2.21. The van der Waals surface area contributed by atoms with Gasteiger partial charge in [-0.05, 0) is 23.8 Å². The number of hydrogen-bond acceptors (Lipinski definition) is 4. The van der Waals surface area contributed by atoms with E-state index < -0.39 is 11.9 Å². The van der Waals surface area contributed by atoms with Crippen molar-refractivity contribution in [3.05, 3.63) is 42.1 Å². The van der Waals surface area contributed by atoms with Crippen LogP contribution in [0.1, 0.15) is 5.56 Å². The summed E-state index contributed by atoms with van der Waals surface area (Å²) in [5.74, 6) is -2.84. The summed E-state index contributed by atoms with van der Waals surface area (Å²) in [6.07, 6.45) is 1.69. The number of aliphatic carboxylic acids is 1. The van der Waals surface area contributed by atoms with Crippen molar-refractivity contribution in [2.45, 2.75) is 6.61 Å². The number of carbonyl (C=O) groups excluding carboxylic acids is 1. The fraction of sp³-hybridized carbons (Fsp3) is 0.0833. The quantitative estimate of drug-likeness (QED) is 0.623. The Bertz CT molecular complexity index is 579. The molecule has 2 aromatic rings. The van der Waals surface area contributed by atoms with Gasteiger partial charge in [-0.15, -0.1) is 0 Å². The molecule has 0 bridgehead atoms. The van der Waals surface area contributed by atoms with Crippen LogP contribution in [0.2, 0.25) is 0 Å². The molecule has 2 rings (SSSR count). The number of rotatable bonds is 2. The van der Waals surface area contributed by atoms with Gasteiger partial charge in [0.25, 0.3) is 0 Å². The van der Waals surface area contributed by atoms with Gasteiger partial charge in [0.05, 0.1) is 5.52 Å². The molecule has 0 amide bonds. The lowest BCUT2D eigenvalue weighted by atomic mass is 10.1. The third-order valence-corrected chi connectivity index (χ3v) is 2.21. The lowest BCUT2D eigenvalue weighted by Crippen LogP contribution is -2.15. The van der Waals surface area contributed by atoms with Crippen LogP contribution < -0.4 is 0 Å². The molecule has 5 heteroatoms. The first-order valence-electron chi connectivity index (χ1n) is 4.90. The topological polar surface area (TPSA) is 76.5 Å². The largest absolute Gasteiger partial charge is 0.473 e. The maximum atomic E-state index is 10.7. The van der Waals surface area contributed by atoms with E-state index in [-0.39, 0.29) is 6.61 Å². The zero-order valence-corrected chi connectivity index (χ0v) is 8.79. The molecule has 17 heavy (non-hydrogen) atoms. The Morgan fingerprint density at radius 3 is 2.88 bits per heavy atom.